The van der Waals surface area contributed by atoms with Gasteiger partial charge in [0.25, 0.3) is 0 Å². The van der Waals surface area contributed by atoms with Crippen molar-refractivity contribution in [1.82, 2.24) is 25.0 Å². The first-order valence-electron chi connectivity index (χ1n) is 7.18. The minimum Gasteiger partial charge on any atom is -0.428 e. The van der Waals surface area contributed by atoms with E-state index in [4.69, 9.17) is 4.42 Å². The number of hydrogen-bond acceptors (Lipinski definition) is 6. The Hall–Kier alpha value is -2.57. The first kappa shape index (κ1) is 19.2. The Morgan fingerprint density at radius 2 is 1.67 bits per heavy atom. The van der Waals surface area contributed by atoms with Crippen LogP contribution in [0.2, 0.25) is 0 Å². The van der Waals surface area contributed by atoms with Gasteiger partial charge in [-0.1, -0.05) is 0 Å². The van der Waals surface area contributed by atoms with Crippen LogP contribution in [-0.4, -0.2) is 25.0 Å². The lowest BCUT2D eigenvalue weighted by atomic mass is 10.0. The van der Waals surface area contributed by atoms with Gasteiger partial charge in [-0.05, 0) is 18.2 Å². The molecule has 0 N–H and O–H groups in total. The van der Waals surface area contributed by atoms with Crippen LogP contribution in [0.15, 0.2) is 35.3 Å². The van der Waals surface area contributed by atoms with Crippen LogP contribution in [0.5, 0.6) is 0 Å². The molecule has 1 atom stereocenters. The molecule has 0 saturated carbocycles. The van der Waals surface area contributed by atoms with E-state index in [1.54, 1.807) is 0 Å². The molecule has 2 aromatic heterocycles. The molecule has 3 rings (SSSR count). The molecule has 6 nitrogen and oxygen atoms in total. The lowest BCUT2D eigenvalue weighted by Gasteiger charge is -2.13. The maximum Gasteiger partial charge on any atom is 0.416 e. The van der Waals surface area contributed by atoms with E-state index in [2.05, 4.69) is 32.9 Å². The molecule has 0 unspecified atom stereocenters. The Morgan fingerprint density at radius 1 is 1.04 bits per heavy atom. The molecule has 0 amide bonds. The summed E-state index contributed by atoms with van der Waals surface area (Å²) < 4.78 is 83.8. The number of hydrogen-bond donors (Lipinski definition) is 1. The molecule has 0 aliphatic rings. The smallest absolute Gasteiger partial charge is 0.416 e. The zero-order chi connectivity index (χ0) is 19.8. The van der Waals surface area contributed by atoms with Crippen molar-refractivity contribution < 1.29 is 30.8 Å². The molecule has 0 bridgehead atoms. The number of benzene rings is 1. The highest BCUT2D eigenvalue weighted by molar-refractivity contribution is 7.80. The summed E-state index contributed by atoms with van der Waals surface area (Å²) in [6.07, 6.45) is -7.55. The molecule has 13 heteroatoms. The molecule has 2 heterocycles. The SMILES string of the molecule is FC(F)(F)c1cc(-c2ncn([C@H](S)Cc3nnco3)n2)cc(C(F)(F)F)c1. The molecule has 0 fully saturated rings. The second-order valence-electron chi connectivity index (χ2n) is 5.36. The van der Waals surface area contributed by atoms with Crippen molar-refractivity contribution in [2.75, 3.05) is 0 Å². The van der Waals surface area contributed by atoms with Crippen LogP contribution in [0.4, 0.5) is 26.3 Å². The summed E-state index contributed by atoms with van der Waals surface area (Å²) in [5, 5.41) is 10.4. The van der Waals surface area contributed by atoms with Gasteiger partial charge in [0.2, 0.25) is 12.3 Å². The standard InChI is InChI=1S/C14H9F6N5OS/c15-13(16,17)8-1-7(2-9(3-8)14(18,19)20)12-21-5-25(24-12)11(27)4-10-23-22-6-26-10/h1-3,5-6,11,27H,4H2/t11-/m1/s1. The Bertz CT molecular complexity index is 889. The largest absolute Gasteiger partial charge is 0.428 e. The highest BCUT2D eigenvalue weighted by Gasteiger charge is 2.37. The van der Waals surface area contributed by atoms with Gasteiger partial charge in [-0.3, -0.25) is 0 Å². The molecule has 0 spiro atoms. The fraction of sp³-hybridized carbons (Fsp3) is 0.286. The summed E-state index contributed by atoms with van der Waals surface area (Å²) in [5.74, 6) is -0.0818. The fourth-order valence-corrected chi connectivity index (χ4v) is 2.44. The monoisotopic (exact) mass is 409 g/mol. The van der Waals surface area contributed by atoms with E-state index in [-0.39, 0.29) is 24.2 Å². The Labute approximate surface area is 152 Å². The van der Waals surface area contributed by atoms with Crippen LogP contribution in [0, 0.1) is 0 Å². The summed E-state index contributed by atoms with van der Waals surface area (Å²) in [5.41, 5.74) is -3.32. The third kappa shape index (κ3) is 4.40. The molecule has 0 aliphatic carbocycles. The quantitative estimate of drug-likeness (QED) is 0.520. The van der Waals surface area contributed by atoms with Crippen molar-refractivity contribution in [1.29, 1.82) is 0 Å². The minimum atomic E-state index is -4.96. The van der Waals surface area contributed by atoms with Crippen LogP contribution in [0.25, 0.3) is 11.4 Å². The lowest BCUT2D eigenvalue weighted by molar-refractivity contribution is -0.143. The van der Waals surface area contributed by atoms with E-state index in [0.717, 1.165) is 17.4 Å². The van der Waals surface area contributed by atoms with Gasteiger partial charge in [-0.15, -0.1) is 15.3 Å². The van der Waals surface area contributed by atoms with Crippen LogP contribution >= 0.6 is 12.6 Å². The second kappa shape index (κ2) is 6.87. The van der Waals surface area contributed by atoms with Gasteiger partial charge in [0, 0.05) is 5.56 Å². The minimum absolute atomic E-state index is 0.0392. The first-order valence-corrected chi connectivity index (χ1v) is 7.70. The normalized spacial score (nSPS) is 13.7. The molecule has 0 aliphatic heterocycles. The van der Waals surface area contributed by atoms with E-state index in [0.29, 0.717) is 12.1 Å². The zero-order valence-corrected chi connectivity index (χ0v) is 13.9. The maximum absolute atomic E-state index is 12.9. The molecule has 1 aromatic carbocycles. The van der Waals surface area contributed by atoms with E-state index in [9.17, 15) is 26.3 Å². The molecule has 0 saturated heterocycles. The van der Waals surface area contributed by atoms with E-state index >= 15 is 0 Å². The number of nitrogens with zero attached hydrogens (tertiary/aromatic N) is 5. The van der Waals surface area contributed by atoms with Crippen LogP contribution in [-0.2, 0) is 18.8 Å². The lowest BCUT2D eigenvalue weighted by Crippen LogP contribution is -2.11. The molecular formula is C14H9F6N5OS. The van der Waals surface area contributed by atoms with Gasteiger partial charge < -0.3 is 4.42 Å². The van der Waals surface area contributed by atoms with Crippen molar-refractivity contribution >= 4 is 12.6 Å². The molecule has 27 heavy (non-hydrogen) atoms. The van der Waals surface area contributed by atoms with E-state index in [1.165, 1.54) is 0 Å². The van der Waals surface area contributed by atoms with E-state index < -0.39 is 34.4 Å². The average molecular weight is 409 g/mol. The predicted molar refractivity (Wildman–Crippen MR) is 81.5 cm³/mol. The molecule has 0 radical (unpaired) electrons. The van der Waals surface area contributed by atoms with Crippen molar-refractivity contribution in [3.63, 3.8) is 0 Å². The van der Waals surface area contributed by atoms with Gasteiger partial charge in [0.1, 0.15) is 11.7 Å². The van der Waals surface area contributed by atoms with Crippen molar-refractivity contribution in [3.05, 3.63) is 47.9 Å². The maximum atomic E-state index is 12.9. The Morgan fingerprint density at radius 3 is 2.19 bits per heavy atom. The van der Waals surface area contributed by atoms with Crippen molar-refractivity contribution in [2.45, 2.75) is 24.1 Å². The number of halogens is 6. The van der Waals surface area contributed by atoms with Crippen LogP contribution < -0.4 is 0 Å². The topological polar surface area (TPSA) is 69.6 Å². The third-order valence-electron chi connectivity index (χ3n) is 3.42. The molecule has 144 valence electrons. The predicted octanol–water partition coefficient (Wildman–Crippen LogP) is 4.04. The Kier molecular flexibility index (Phi) is 4.88. The molecular weight excluding hydrogens is 400 g/mol. The zero-order valence-electron chi connectivity index (χ0n) is 13.0. The van der Waals surface area contributed by atoms with Crippen LogP contribution in [0.1, 0.15) is 22.4 Å². The molecule has 3 aromatic rings. The summed E-state index contributed by atoms with van der Waals surface area (Å²) in [4.78, 5) is 3.78. The van der Waals surface area contributed by atoms with Gasteiger partial charge >= 0.3 is 12.4 Å². The Balaban J connectivity index is 1.95. The first-order chi connectivity index (χ1) is 12.5. The fourth-order valence-electron chi connectivity index (χ4n) is 2.17. The van der Waals surface area contributed by atoms with E-state index in [1.807, 2.05) is 0 Å². The number of alkyl halides is 6. The summed E-state index contributed by atoms with van der Waals surface area (Å²) in [6.45, 7) is 0. The highest BCUT2D eigenvalue weighted by Crippen LogP contribution is 2.38. The average Bonchev–Trinajstić information content (AvgIpc) is 3.24. The summed E-state index contributed by atoms with van der Waals surface area (Å²) in [7, 11) is 0. The second-order valence-corrected chi connectivity index (χ2v) is 5.96. The van der Waals surface area contributed by atoms with Crippen molar-refractivity contribution in [3.8, 4) is 11.4 Å². The number of rotatable bonds is 4. The highest BCUT2D eigenvalue weighted by atomic mass is 32.1. The van der Waals surface area contributed by atoms with Crippen LogP contribution in [0.3, 0.4) is 0 Å². The van der Waals surface area contributed by atoms with Gasteiger partial charge in [-0.25, -0.2) is 9.67 Å². The third-order valence-corrected chi connectivity index (χ3v) is 3.84. The van der Waals surface area contributed by atoms with Gasteiger partial charge in [0.05, 0.1) is 17.5 Å². The number of thiol groups is 1. The number of aromatic nitrogens is 5. The summed E-state index contributed by atoms with van der Waals surface area (Å²) >= 11 is 4.24. The van der Waals surface area contributed by atoms with Crippen molar-refractivity contribution in [2.24, 2.45) is 0 Å². The van der Waals surface area contributed by atoms with Gasteiger partial charge in [-0.2, -0.15) is 39.0 Å². The summed E-state index contributed by atoms with van der Waals surface area (Å²) in [6, 6.07) is 1.15. The van der Waals surface area contributed by atoms with Gasteiger partial charge in [0.15, 0.2) is 5.82 Å².